The van der Waals surface area contributed by atoms with Gasteiger partial charge in [-0.2, -0.15) is 0 Å². The maximum atomic E-state index is 11.7. The van der Waals surface area contributed by atoms with Crippen LogP contribution in [0.3, 0.4) is 0 Å². The highest BCUT2D eigenvalue weighted by atomic mass is 32.2. The maximum Gasteiger partial charge on any atom is 0.194 e. The molecule has 0 radical (unpaired) electrons. The predicted octanol–water partition coefficient (Wildman–Crippen LogP) is 1.68. The van der Waals surface area contributed by atoms with Gasteiger partial charge in [0.2, 0.25) is 0 Å². The van der Waals surface area contributed by atoms with Gasteiger partial charge in [0.25, 0.3) is 0 Å². The van der Waals surface area contributed by atoms with Crippen molar-refractivity contribution in [1.82, 2.24) is 14.7 Å². The van der Waals surface area contributed by atoms with Gasteiger partial charge in [-0.3, -0.25) is 4.40 Å². The van der Waals surface area contributed by atoms with Crippen molar-refractivity contribution in [3.05, 3.63) is 22.5 Å². The molecule has 110 valence electrons. The van der Waals surface area contributed by atoms with Crippen LogP contribution in [0.4, 0.5) is 0 Å². The number of fused-ring (bicyclic) bond motifs is 1. The van der Waals surface area contributed by atoms with E-state index in [4.69, 9.17) is 0 Å². The van der Waals surface area contributed by atoms with Crippen LogP contribution in [-0.2, 0) is 16.4 Å². The summed E-state index contributed by atoms with van der Waals surface area (Å²) < 4.78 is 25.5. The van der Waals surface area contributed by atoms with Gasteiger partial charge in [-0.25, -0.2) is 13.4 Å². The van der Waals surface area contributed by atoms with Crippen LogP contribution in [0.2, 0.25) is 0 Å². The van der Waals surface area contributed by atoms with E-state index in [1.54, 1.807) is 11.3 Å². The highest BCUT2D eigenvalue weighted by Gasteiger charge is 2.24. The molecular formula is C13H19N3O2S2. The van der Waals surface area contributed by atoms with Gasteiger partial charge in [0, 0.05) is 23.7 Å². The first-order valence-corrected chi connectivity index (χ1v) is 9.52. The van der Waals surface area contributed by atoms with E-state index in [1.807, 2.05) is 6.92 Å². The van der Waals surface area contributed by atoms with E-state index in [2.05, 4.69) is 27.0 Å². The van der Waals surface area contributed by atoms with E-state index in [1.165, 1.54) is 5.69 Å². The van der Waals surface area contributed by atoms with E-state index >= 15 is 0 Å². The molecule has 0 aliphatic carbocycles. The largest absolute Gasteiger partial charge is 0.307 e. The van der Waals surface area contributed by atoms with E-state index in [0.717, 1.165) is 29.2 Å². The number of aryl methyl sites for hydroxylation is 2. The van der Waals surface area contributed by atoms with Crippen LogP contribution in [0, 0.1) is 13.8 Å². The summed E-state index contributed by atoms with van der Waals surface area (Å²) in [5.74, 6) is 0.599. The molecule has 2 aromatic heterocycles. The quantitative estimate of drug-likeness (QED) is 0.936. The first kappa shape index (κ1) is 14.0. The van der Waals surface area contributed by atoms with Gasteiger partial charge in [0.1, 0.15) is 0 Å². The zero-order valence-electron chi connectivity index (χ0n) is 11.7. The fourth-order valence-corrected chi connectivity index (χ4v) is 5.40. The Kier molecular flexibility index (Phi) is 3.60. The minimum Gasteiger partial charge on any atom is -0.307 e. The Labute approximate surface area is 122 Å². The molecular weight excluding hydrogens is 294 g/mol. The zero-order chi connectivity index (χ0) is 14.3. The Morgan fingerprint density at radius 2 is 2.30 bits per heavy atom. The maximum absolute atomic E-state index is 11.7. The molecule has 0 amide bonds. The molecule has 0 bridgehead atoms. The van der Waals surface area contributed by atoms with Crippen molar-refractivity contribution in [3.63, 3.8) is 0 Å². The standard InChI is InChI=1S/C13H19N3O2S2/c1-9-7-19-13-15-10(2)12(16(9)13)6-14-11-4-3-5-20(17,18)8-11/h7,11,14H,3-6,8H2,1-2H3. The van der Waals surface area contributed by atoms with Gasteiger partial charge < -0.3 is 5.32 Å². The van der Waals surface area contributed by atoms with Crippen LogP contribution in [0.15, 0.2) is 5.38 Å². The Morgan fingerprint density at radius 1 is 1.50 bits per heavy atom. The second-order valence-electron chi connectivity index (χ2n) is 5.47. The van der Waals surface area contributed by atoms with Gasteiger partial charge in [-0.15, -0.1) is 11.3 Å². The molecule has 1 fully saturated rings. The third kappa shape index (κ3) is 2.62. The number of hydrogen-bond acceptors (Lipinski definition) is 5. The van der Waals surface area contributed by atoms with Crippen molar-refractivity contribution < 1.29 is 8.42 Å². The van der Waals surface area contributed by atoms with Crippen LogP contribution in [-0.4, -0.2) is 35.4 Å². The normalized spacial score (nSPS) is 22.4. The van der Waals surface area contributed by atoms with Crippen LogP contribution in [0.25, 0.3) is 4.96 Å². The Morgan fingerprint density at radius 3 is 3.05 bits per heavy atom. The van der Waals surface area contributed by atoms with Gasteiger partial charge in [0.05, 0.1) is 22.9 Å². The topological polar surface area (TPSA) is 63.5 Å². The van der Waals surface area contributed by atoms with E-state index < -0.39 is 9.84 Å². The van der Waals surface area contributed by atoms with Gasteiger partial charge in [-0.1, -0.05) is 0 Å². The zero-order valence-corrected chi connectivity index (χ0v) is 13.4. The van der Waals surface area contributed by atoms with E-state index in [-0.39, 0.29) is 11.8 Å². The van der Waals surface area contributed by atoms with E-state index in [0.29, 0.717) is 12.3 Å². The van der Waals surface area contributed by atoms with Gasteiger partial charge in [0.15, 0.2) is 14.8 Å². The molecule has 1 saturated heterocycles. The molecule has 1 N–H and O–H groups in total. The van der Waals surface area contributed by atoms with Crippen molar-refractivity contribution in [3.8, 4) is 0 Å². The summed E-state index contributed by atoms with van der Waals surface area (Å²) in [4.78, 5) is 5.56. The molecule has 1 aliphatic rings. The van der Waals surface area contributed by atoms with Crippen molar-refractivity contribution in [2.24, 2.45) is 0 Å². The van der Waals surface area contributed by atoms with Gasteiger partial charge >= 0.3 is 0 Å². The second kappa shape index (κ2) is 5.13. The minimum absolute atomic E-state index is 0.0673. The lowest BCUT2D eigenvalue weighted by Gasteiger charge is -2.23. The summed E-state index contributed by atoms with van der Waals surface area (Å²) in [5.41, 5.74) is 3.34. The number of nitrogens with one attached hydrogen (secondary N) is 1. The number of aromatic nitrogens is 2. The fourth-order valence-electron chi connectivity index (χ4n) is 2.80. The molecule has 1 atom stereocenters. The number of hydrogen-bond donors (Lipinski definition) is 1. The van der Waals surface area contributed by atoms with Crippen LogP contribution in [0.5, 0.6) is 0 Å². The summed E-state index contributed by atoms with van der Waals surface area (Å²) in [5, 5.41) is 5.49. The highest BCUT2D eigenvalue weighted by Crippen LogP contribution is 2.21. The summed E-state index contributed by atoms with van der Waals surface area (Å²) >= 11 is 1.64. The van der Waals surface area contributed by atoms with Crippen LogP contribution >= 0.6 is 11.3 Å². The monoisotopic (exact) mass is 313 g/mol. The predicted molar refractivity (Wildman–Crippen MR) is 81.1 cm³/mol. The molecule has 2 aromatic rings. The summed E-state index contributed by atoms with van der Waals surface area (Å²) in [7, 11) is -2.86. The van der Waals surface area contributed by atoms with Crippen molar-refractivity contribution in [1.29, 1.82) is 0 Å². The molecule has 7 heteroatoms. The first-order chi connectivity index (χ1) is 9.46. The summed E-state index contributed by atoms with van der Waals surface area (Å²) in [6.07, 6.45) is 1.70. The van der Waals surface area contributed by atoms with Crippen molar-refractivity contribution in [2.75, 3.05) is 11.5 Å². The SMILES string of the molecule is Cc1nc2scc(C)n2c1CNC1CCCS(=O)(=O)C1. The second-order valence-corrected chi connectivity index (χ2v) is 8.54. The smallest absolute Gasteiger partial charge is 0.194 e. The lowest BCUT2D eigenvalue weighted by atomic mass is 10.2. The molecule has 0 aromatic carbocycles. The molecule has 1 aliphatic heterocycles. The lowest BCUT2D eigenvalue weighted by Crippen LogP contribution is -2.40. The minimum atomic E-state index is -2.86. The Bertz CT molecular complexity index is 730. The molecule has 0 saturated carbocycles. The molecule has 5 nitrogen and oxygen atoms in total. The van der Waals surface area contributed by atoms with E-state index in [9.17, 15) is 8.42 Å². The van der Waals surface area contributed by atoms with Crippen LogP contribution in [0.1, 0.15) is 29.9 Å². The highest BCUT2D eigenvalue weighted by molar-refractivity contribution is 7.91. The van der Waals surface area contributed by atoms with Crippen LogP contribution < -0.4 is 5.32 Å². The number of imidazole rings is 1. The molecule has 20 heavy (non-hydrogen) atoms. The van der Waals surface area contributed by atoms with Gasteiger partial charge in [-0.05, 0) is 26.7 Å². The average Bonchev–Trinajstić information content (AvgIpc) is 2.86. The third-order valence-electron chi connectivity index (χ3n) is 3.85. The summed E-state index contributed by atoms with van der Waals surface area (Å²) in [6.45, 7) is 4.75. The van der Waals surface area contributed by atoms with Crippen molar-refractivity contribution >= 4 is 26.1 Å². The molecule has 0 spiro atoms. The number of nitrogens with zero attached hydrogens (tertiary/aromatic N) is 2. The number of rotatable bonds is 3. The Hall–Kier alpha value is -0.920. The van der Waals surface area contributed by atoms with Crippen molar-refractivity contribution in [2.45, 2.75) is 39.3 Å². The molecule has 1 unspecified atom stereocenters. The summed E-state index contributed by atoms with van der Waals surface area (Å²) in [6, 6.07) is 0.0673. The third-order valence-corrected chi connectivity index (χ3v) is 6.62. The molecule has 3 rings (SSSR count). The Balaban J connectivity index is 1.77. The average molecular weight is 313 g/mol. The molecule has 3 heterocycles. The number of thiazole rings is 1. The number of sulfone groups is 1. The lowest BCUT2D eigenvalue weighted by molar-refractivity contribution is 0.476. The first-order valence-electron chi connectivity index (χ1n) is 6.82. The fraction of sp³-hybridized carbons (Fsp3) is 0.615.